The van der Waals surface area contributed by atoms with Crippen LogP contribution in [0.3, 0.4) is 0 Å². The van der Waals surface area contributed by atoms with E-state index in [1.807, 2.05) is 0 Å². The zero-order valence-electron chi connectivity index (χ0n) is 7.76. The molecule has 0 aliphatic carbocycles. The summed E-state index contributed by atoms with van der Waals surface area (Å²) in [6.45, 7) is 0. The molecule has 0 fully saturated rings. The van der Waals surface area contributed by atoms with E-state index in [9.17, 15) is 13.6 Å². The first kappa shape index (κ1) is 12.1. The monoisotopic (exact) mass is 279 g/mol. The summed E-state index contributed by atoms with van der Waals surface area (Å²) in [5, 5.41) is 0. The van der Waals surface area contributed by atoms with Crippen LogP contribution in [0.25, 0.3) is 0 Å². The molecule has 0 unspecified atom stereocenters. The lowest BCUT2D eigenvalue weighted by Gasteiger charge is -2.12. The molecule has 6 heteroatoms. The summed E-state index contributed by atoms with van der Waals surface area (Å²) in [5.41, 5.74) is 4.84. The molecule has 0 aliphatic rings. The summed E-state index contributed by atoms with van der Waals surface area (Å²) in [6, 6.07) is 0.746. The van der Waals surface area contributed by atoms with Gasteiger partial charge in [0.05, 0.1) is 17.1 Å². The van der Waals surface area contributed by atoms with Gasteiger partial charge < -0.3 is 10.5 Å². The van der Waals surface area contributed by atoms with E-state index in [1.54, 1.807) is 0 Å². The number of ether oxygens (including phenoxy) is 1. The van der Waals surface area contributed by atoms with Gasteiger partial charge in [0.15, 0.2) is 0 Å². The number of carbonyl (C=O) groups is 1. The van der Waals surface area contributed by atoms with Crippen LogP contribution in [0.15, 0.2) is 16.6 Å². The third kappa shape index (κ3) is 2.32. The van der Waals surface area contributed by atoms with Crippen molar-refractivity contribution in [1.82, 2.24) is 0 Å². The van der Waals surface area contributed by atoms with Gasteiger partial charge in [0.1, 0.15) is 17.7 Å². The topological polar surface area (TPSA) is 52.3 Å². The number of methoxy groups -OCH3 is 1. The second-order valence-electron chi connectivity index (χ2n) is 2.76. The van der Waals surface area contributed by atoms with Gasteiger partial charge in [-0.15, -0.1) is 0 Å². The van der Waals surface area contributed by atoms with Crippen molar-refractivity contribution in [1.29, 1.82) is 0 Å². The van der Waals surface area contributed by atoms with E-state index < -0.39 is 29.2 Å². The SMILES string of the molecule is COC(=O)[C@@H](N)c1c(F)ccc(Br)c1F. The zero-order chi connectivity index (χ0) is 11.6. The fourth-order valence-corrected chi connectivity index (χ4v) is 1.42. The molecule has 0 amide bonds. The Kier molecular flexibility index (Phi) is 3.76. The number of carbonyl (C=O) groups excluding carboxylic acids is 1. The Bertz CT molecular complexity index is 398. The highest BCUT2D eigenvalue weighted by Gasteiger charge is 2.25. The van der Waals surface area contributed by atoms with Gasteiger partial charge in [0.2, 0.25) is 0 Å². The van der Waals surface area contributed by atoms with Crippen LogP contribution in [0.2, 0.25) is 0 Å². The molecule has 0 saturated heterocycles. The Balaban J connectivity index is 3.24. The molecule has 82 valence electrons. The minimum Gasteiger partial charge on any atom is -0.468 e. The Morgan fingerprint density at radius 1 is 1.53 bits per heavy atom. The quantitative estimate of drug-likeness (QED) is 0.665. The van der Waals surface area contributed by atoms with Crippen LogP contribution < -0.4 is 5.73 Å². The average Bonchev–Trinajstić information content (AvgIpc) is 2.22. The van der Waals surface area contributed by atoms with E-state index in [1.165, 1.54) is 6.07 Å². The number of hydrogen-bond donors (Lipinski definition) is 1. The third-order valence-corrected chi connectivity index (χ3v) is 2.46. The highest BCUT2D eigenvalue weighted by molar-refractivity contribution is 9.10. The molecule has 0 aromatic heterocycles. The molecule has 1 aromatic carbocycles. The van der Waals surface area contributed by atoms with E-state index in [0.29, 0.717) is 0 Å². The lowest BCUT2D eigenvalue weighted by Crippen LogP contribution is -2.25. The molecule has 0 aliphatic heterocycles. The standard InChI is InChI=1S/C9H8BrF2NO2/c1-15-9(14)8(13)6-5(11)3-2-4(10)7(6)12/h2-3,8H,13H2,1H3/t8-/m0/s1. The van der Waals surface area contributed by atoms with Crippen LogP contribution in [0.1, 0.15) is 11.6 Å². The predicted molar refractivity (Wildman–Crippen MR) is 53.0 cm³/mol. The lowest BCUT2D eigenvalue weighted by molar-refractivity contribution is -0.142. The van der Waals surface area contributed by atoms with E-state index in [2.05, 4.69) is 20.7 Å². The number of halogens is 3. The first-order valence-electron chi connectivity index (χ1n) is 3.95. The fourth-order valence-electron chi connectivity index (χ4n) is 1.07. The van der Waals surface area contributed by atoms with Gasteiger partial charge in [0, 0.05) is 0 Å². The molecule has 0 bridgehead atoms. The molecule has 1 atom stereocenters. The average molecular weight is 280 g/mol. The van der Waals surface area contributed by atoms with Crippen molar-refractivity contribution in [2.24, 2.45) is 5.73 Å². The summed E-state index contributed by atoms with van der Waals surface area (Å²) < 4.78 is 31.0. The number of hydrogen-bond acceptors (Lipinski definition) is 3. The van der Waals surface area contributed by atoms with Crippen molar-refractivity contribution < 1.29 is 18.3 Å². The van der Waals surface area contributed by atoms with Crippen molar-refractivity contribution in [3.8, 4) is 0 Å². The second-order valence-corrected chi connectivity index (χ2v) is 3.61. The summed E-state index contributed by atoms with van der Waals surface area (Å²) in [4.78, 5) is 11.0. The first-order valence-corrected chi connectivity index (χ1v) is 4.75. The van der Waals surface area contributed by atoms with Crippen LogP contribution >= 0.6 is 15.9 Å². The maximum atomic E-state index is 13.4. The molecule has 0 spiro atoms. The van der Waals surface area contributed by atoms with Crippen LogP contribution in [0.4, 0.5) is 8.78 Å². The van der Waals surface area contributed by atoms with Gasteiger partial charge >= 0.3 is 5.97 Å². The van der Waals surface area contributed by atoms with Gasteiger partial charge in [-0.3, -0.25) is 4.79 Å². The molecule has 3 nitrogen and oxygen atoms in total. The second kappa shape index (κ2) is 4.67. The number of esters is 1. The van der Waals surface area contributed by atoms with Gasteiger partial charge in [-0.05, 0) is 28.1 Å². The van der Waals surface area contributed by atoms with E-state index in [4.69, 9.17) is 5.73 Å². The first-order chi connectivity index (χ1) is 6.99. The predicted octanol–water partition coefficient (Wildman–Crippen LogP) is 1.90. The van der Waals surface area contributed by atoms with E-state index >= 15 is 0 Å². The van der Waals surface area contributed by atoms with Gasteiger partial charge in [0.25, 0.3) is 0 Å². The van der Waals surface area contributed by atoms with Crippen molar-refractivity contribution in [3.05, 3.63) is 33.8 Å². The maximum Gasteiger partial charge on any atom is 0.327 e. The summed E-state index contributed by atoms with van der Waals surface area (Å²) >= 11 is 2.87. The van der Waals surface area contributed by atoms with Crippen molar-refractivity contribution in [2.75, 3.05) is 7.11 Å². The normalized spacial score (nSPS) is 12.3. The maximum absolute atomic E-state index is 13.4. The molecular formula is C9H8BrF2NO2. The van der Waals surface area contributed by atoms with E-state index in [0.717, 1.165) is 13.2 Å². The molecule has 1 aromatic rings. The minimum atomic E-state index is -1.47. The number of nitrogens with two attached hydrogens (primary N) is 1. The van der Waals surface area contributed by atoms with E-state index in [-0.39, 0.29) is 4.47 Å². The number of rotatable bonds is 2. The minimum absolute atomic E-state index is 0.0400. The van der Waals surface area contributed by atoms with Crippen LogP contribution in [-0.4, -0.2) is 13.1 Å². The van der Waals surface area contributed by atoms with Crippen molar-refractivity contribution in [3.63, 3.8) is 0 Å². The van der Waals surface area contributed by atoms with Crippen LogP contribution in [0.5, 0.6) is 0 Å². The zero-order valence-corrected chi connectivity index (χ0v) is 9.35. The molecule has 1 rings (SSSR count). The molecular weight excluding hydrogens is 272 g/mol. The lowest BCUT2D eigenvalue weighted by atomic mass is 10.1. The summed E-state index contributed by atoms with van der Waals surface area (Å²) in [7, 11) is 1.09. The molecule has 15 heavy (non-hydrogen) atoms. The smallest absolute Gasteiger partial charge is 0.327 e. The molecule has 0 saturated carbocycles. The van der Waals surface area contributed by atoms with Crippen molar-refractivity contribution in [2.45, 2.75) is 6.04 Å². The summed E-state index contributed by atoms with van der Waals surface area (Å²) in [6.07, 6.45) is 0. The molecule has 0 radical (unpaired) electrons. The van der Waals surface area contributed by atoms with Crippen molar-refractivity contribution >= 4 is 21.9 Å². The van der Waals surface area contributed by atoms with Gasteiger partial charge in [-0.2, -0.15) is 0 Å². The Morgan fingerprint density at radius 3 is 2.67 bits per heavy atom. The molecule has 2 N–H and O–H groups in total. The third-order valence-electron chi connectivity index (χ3n) is 1.85. The Labute approximate surface area is 93.3 Å². The summed E-state index contributed by atoms with van der Waals surface area (Å²) in [5.74, 6) is -2.67. The Morgan fingerprint density at radius 2 is 2.13 bits per heavy atom. The van der Waals surface area contributed by atoms with Gasteiger partial charge in [-0.1, -0.05) is 0 Å². The van der Waals surface area contributed by atoms with Gasteiger partial charge in [-0.25, -0.2) is 8.78 Å². The fraction of sp³-hybridized carbons (Fsp3) is 0.222. The highest BCUT2D eigenvalue weighted by atomic mass is 79.9. The largest absolute Gasteiger partial charge is 0.468 e. The number of benzene rings is 1. The highest BCUT2D eigenvalue weighted by Crippen LogP contribution is 2.26. The molecule has 0 heterocycles. The Hall–Kier alpha value is -1.01. The van der Waals surface area contributed by atoms with Crippen LogP contribution in [0, 0.1) is 11.6 Å². The van der Waals surface area contributed by atoms with Crippen LogP contribution in [-0.2, 0) is 9.53 Å².